The number of nitrogens with one attached hydrogen (secondary N) is 1. The van der Waals surface area contributed by atoms with E-state index in [1.165, 1.54) is 0 Å². The number of nitrogens with zero attached hydrogens (tertiary/aromatic N) is 1. The largest absolute Gasteiger partial charge is 0.378 e. The molecule has 0 aliphatic heterocycles. The number of benzene rings is 1. The first-order chi connectivity index (χ1) is 7.15. The lowest BCUT2D eigenvalue weighted by Crippen LogP contribution is -2.23. The second-order valence-corrected chi connectivity index (χ2v) is 3.31. The molecule has 0 unspecified atom stereocenters. The molecule has 15 heavy (non-hydrogen) atoms. The SMILES string of the molecule is CCONC(=O)c1cccc(N(C)C)c1. The van der Waals surface area contributed by atoms with Crippen LogP contribution in [0.4, 0.5) is 5.69 Å². The molecule has 82 valence electrons. The lowest BCUT2D eigenvalue weighted by Gasteiger charge is -2.13. The van der Waals surface area contributed by atoms with Crippen LogP contribution in [0.5, 0.6) is 0 Å². The molecule has 1 aromatic carbocycles. The molecule has 0 spiro atoms. The van der Waals surface area contributed by atoms with Gasteiger partial charge < -0.3 is 4.90 Å². The first-order valence-corrected chi connectivity index (χ1v) is 4.84. The summed E-state index contributed by atoms with van der Waals surface area (Å²) >= 11 is 0. The predicted molar refractivity (Wildman–Crippen MR) is 59.9 cm³/mol. The Hall–Kier alpha value is -1.55. The van der Waals surface area contributed by atoms with Gasteiger partial charge in [-0.05, 0) is 25.1 Å². The van der Waals surface area contributed by atoms with E-state index >= 15 is 0 Å². The van der Waals surface area contributed by atoms with Gasteiger partial charge in [0.15, 0.2) is 0 Å². The fourth-order valence-electron chi connectivity index (χ4n) is 1.12. The maximum absolute atomic E-state index is 11.5. The number of carbonyl (C=O) groups is 1. The molecular formula is C11H16N2O2. The molecule has 1 aromatic rings. The van der Waals surface area contributed by atoms with Crippen molar-refractivity contribution in [2.24, 2.45) is 0 Å². The van der Waals surface area contributed by atoms with E-state index in [2.05, 4.69) is 5.48 Å². The van der Waals surface area contributed by atoms with Crippen molar-refractivity contribution >= 4 is 11.6 Å². The van der Waals surface area contributed by atoms with Crippen LogP contribution in [-0.4, -0.2) is 26.6 Å². The van der Waals surface area contributed by atoms with Gasteiger partial charge in [-0.15, -0.1) is 0 Å². The smallest absolute Gasteiger partial charge is 0.274 e. The van der Waals surface area contributed by atoms with Crippen LogP contribution < -0.4 is 10.4 Å². The zero-order valence-electron chi connectivity index (χ0n) is 9.28. The van der Waals surface area contributed by atoms with E-state index in [-0.39, 0.29) is 5.91 Å². The van der Waals surface area contributed by atoms with Crippen molar-refractivity contribution in [2.45, 2.75) is 6.92 Å². The van der Waals surface area contributed by atoms with Crippen molar-refractivity contribution in [3.63, 3.8) is 0 Å². The third kappa shape index (κ3) is 3.25. The fourth-order valence-corrected chi connectivity index (χ4v) is 1.12. The highest BCUT2D eigenvalue weighted by Crippen LogP contribution is 2.13. The molecule has 1 amide bonds. The molecule has 0 heterocycles. The molecule has 0 aliphatic rings. The fraction of sp³-hybridized carbons (Fsp3) is 0.364. The van der Waals surface area contributed by atoms with Gasteiger partial charge in [0, 0.05) is 25.3 Å². The molecule has 0 bridgehead atoms. The van der Waals surface area contributed by atoms with Crippen molar-refractivity contribution in [1.29, 1.82) is 0 Å². The Morgan fingerprint density at radius 2 is 2.20 bits per heavy atom. The van der Waals surface area contributed by atoms with E-state index in [4.69, 9.17) is 4.84 Å². The Morgan fingerprint density at radius 1 is 1.47 bits per heavy atom. The van der Waals surface area contributed by atoms with Gasteiger partial charge in [-0.2, -0.15) is 0 Å². The van der Waals surface area contributed by atoms with Crippen LogP contribution in [0, 0.1) is 0 Å². The third-order valence-corrected chi connectivity index (χ3v) is 1.93. The van der Waals surface area contributed by atoms with Crippen molar-refractivity contribution in [3.8, 4) is 0 Å². The van der Waals surface area contributed by atoms with E-state index < -0.39 is 0 Å². The van der Waals surface area contributed by atoms with Gasteiger partial charge in [0.2, 0.25) is 0 Å². The molecular weight excluding hydrogens is 192 g/mol. The van der Waals surface area contributed by atoms with E-state index in [0.717, 1.165) is 5.69 Å². The van der Waals surface area contributed by atoms with Gasteiger partial charge in [0.1, 0.15) is 0 Å². The summed E-state index contributed by atoms with van der Waals surface area (Å²) in [4.78, 5) is 18.3. The Balaban J connectivity index is 2.76. The number of hydrogen-bond acceptors (Lipinski definition) is 3. The lowest BCUT2D eigenvalue weighted by atomic mass is 10.2. The van der Waals surface area contributed by atoms with Crippen molar-refractivity contribution in [3.05, 3.63) is 29.8 Å². The van der Waals surface area contributed by atoms with E-state index in [1.54, 1.807) is 6.07 Å². The van der Waals surface area contributed by atoms with E-state index in [0.29, 0.717) is 12.2 Å². The van der Waals surface area contributed by atoms with Crippen LogP contribution in [0.1, 0.15) is 17.3 Å². The van der Waals surface area contributed by atoms with Crippen molar-refractivity contribution < 1.29 is 9.63 Å². The van der Waals surface area contributed by atoms with Crippen LogP contribution in [0.15, 0.2) is 24.3 Å². The number of hydrogen-bond donors (Lipinski definition) is 1. The summed E-state index contributed by atoms with van der Waals surface area (Å²) in [5, 5.41) is 0. The first kappa shape index (κ1) is 11.5. The van der Waals surface area contributed by atoms with Crippen LogP contribution in [-0.2, 0) is 4.84 Å². The minimum atomic E-state index is -0.222. The molecule has 0 fully saturated rings. The molecule has 1 rings (SSSR count). The van der Waals surface area contributed by atoms with Gasteiger partial charge in [-0.3, -0.25) is 9.63 Å². The zero-order valence-corrected chi connectivity index (χ0v) is 9.28. The van der Waals surface area contributed by atoms with Crippen LogP contribution in [0.25, 0.3) is 0 Å². The van der Waals surface area contributed by atoms with Crippen molar-refractivity contribution in [2.75, 3.05) is 25.6 Å². The molecule has 4 nitrogen and oxygen atoms in total. The highest BCUT2D eigenvalue weighted by atomic mass is 16.6. The number of carbonyl (C=O) groups excluding carboxylic acids is 1. The minimum absolute atomic E-state index is 0.222. The normalized spacial score (nSPS) is 9.80. The summed E-state index contributed by atoms with van der Waals surface area (Å²) < 4.78 is 0. The average molecular weight is 208 g/mol. The minimum Gasteiger partial charge on any atom is -0.378 e. The van der Waals surface area contributed by atoms with Crippen LogP contribution in [0.3, 0.4) is 0 Å². The number of amides is 1. The number of anilines is 1. The Labute approximate surface area is 89.8 Å². The number of rotatable bonds is 4. The van der Waals surface area contributed by atoms with Crippen LogP contribution >= 0.6 is 0 Å². The molecule has 0 radical (unpaired) electrons. The molecule has 0 saturated carbocycles. The molecule has 0 aromatic heterocycles. The zero-order chi connectivity index (χ0) is 11.3. The monoisotopic (exact) mass is 208 g/mol. The molecule has 0 aliphatic carbocycles. The average Bonchev–Trinajstić information content (AvgIpc) is 2.26. The molecule has 0 atom stereocenters. The van der Waals surface area contributed by atoms with Gasteiger partial charge in [0.25, 0.3) is 5.91 Å². The summed E-state index contributed by atoms with van der Waals surface area (Å²) in [6, 6.07) is 7.35. The predicted octanol–water partition coefficient (Wildman–Crippen LogP) is 1.43. The van der Waals surface area contributed by atoms with Gasteiger partial charge in [-0.1, -0.05) is 6.07 Å². The Kier molecular flexibility index (Phi) is 4.12. The van der Waals surface area contributed by atoms with Gasteiger partial charge in [-0.25, -0.2) is 5.48 Å². The molecule has 1 N–H and O–H groups in total. The quantitative estimate of drug-likeness (QED) is 0.761. The van der Waals surface area contributed by atoms with Gasteiger partial charge >= 0.3 is 0 Å². The highest BCUT2D eigenvalue weighted by Gasteiger charge is 2.06. The highest BCUT2D eigenvalue weighted by molar-refractivity contribution is 5.94. The first-order valence-electron chi connectivity index (χ1n) is 4.84. The summed E-state index contributed by atoms with van der Waals surface area (Å²) in [6.45, 7) is 2.27. The van der Waals surface area contributed by atoms with E-state index in [1.807, 2.05) is 44.1 Å². The Bertz CT molecular complexity index is 337. The Morgan fingerprint density at radius 3 is 2.80 bits per heavy atom. The summed E-state index contributed by atoms with van der Waals surface area (Å²) in [5.41, 5.74) is 3.93. The maximum atomic E-state index is 11.5. The maximum Gasteiger partial charge on any atom is 0.274 e. The summed E-state index contributed by atoms with van der Waals surface area (Å²) in [7, 11) is 3.86. The van der Waals surface area contributed by atoms with Crippen LogP contribution in [0.2, 0.25) is 0 Å². The van der Waals surface area contributed by atoms with Crippen molar-refractivity contribution in [1.82, 2.24) is 5.48 Å². The second kappa shape index (κ2) is 5.36. The summed E-state index contributed by atoms with van der Waals surface area (Å²) in [5.74, 6) is -0.222. The topological polar surface area (TPSA) is 41.6 Å². The number of hydroxylamine groups is 1. The third-order valence-electron chi connectivity index (χ3n) is 1.93. The van der Waals surface area contributed by atoms with E-state index in [9.17, 15) is 4.79 Å². The second-order valence-electron chi connectivity index (χ2n) is 3.31. The molecule has 0 saturated heterocycles. The van der Waals surface area contributed by atoms with Gasteiger partial charge in [0.05, 0.1) is 6.61 Å². The standard InChI is InChI=1S/C11H16N2O2/c1-4-15-12-11(14)9-6-5-7-10(8-9)13(2)3/h5-8H,4H2,1-3H3,(H,12,14). The summed E-state index contributed by atoms with van der Waals surface area (Å²) in [6.07, 6.45) is 0. The molecule has 4 heteroatoms. The lowest BCUT2D eigenvalue weighted by molar-refractivity contribution is 0.0364.